The van der Waals surface area contributed by atoms with Crippen molar-refractivity contribution in [2.24, 2.45) is 16.3 Å². The fourth-order valence-corrected chi connectivity index (χ4v) is 2.95. The van der Waals surface area contributed by atoms with Crippen LogP contribution in [0.15, 0.2) is 5.16 Å². The van der Waals surface area contributed by atoms with Gasteiger partial charge in [0.1, 0.15) is 5.41 Å². The van der Waals surface area contributed by atoms with Crippen LogP contribution in [0.3, 0.4) is 0 Å². The third-order valence-electron chi connectivity index (χ3n) is 4.39. The molecule has 0 bridgehead atoms. The molecule has 7 nitrogen and oxygen atoms in total. The second-order valence-corrected chi connectivity index (χ2v) is 5.51. The number of aliphatic hydroxyl groups is 1. The van der Waals surface area contributed by atoms with Crippen LogP contribution in [0, 0.1) is 5.41 Å². The summed E-state index contributed by atoms with van der Waals surface area (Å²) in [4.78, 5) is 14.4. The number of likely N-dealkylation sites (tertiary alicyclic amines) is 1. The molecule has 1 heterocycles. The monoisotopic (exact) mass is 285 g/mol. The SMILES string of the molecule is NC(=NO)C1(C(=O)N2CCC(OCCO)CC2)CCC1. The van der Waals surface area contributed by atoms with Gasteiger partial charge in [0.15, 0.2) is 5.84 Å². The van der Waals surface area contributed by atoms with E-state index < -0.39 is 5.41 Å². The molecule has 0 aromatic heterocycles. The quantitative estimate of drug-likeness (QED) is 0.283. The topological polar surface area (TPSA) is 108 Å². The molecule has 1 aliphatic heterocycles. The van der Waals surface area contributed by atoms with E-state index in [0.29, 0.717) is 32.5 Å². The third kappa shape index (κ3) is 2.73. The Morgan fingerprint density at radius 3 is 2.50 bits per heavy atom. The Morgan fingerprint density at radius 2 is 2.05 bits per heavy atom. The first-order chi connectivity index (χ1) is 9.64. The van der Waals surface area contributed by atoms with Crippen LogP contribution in [0.25, 0.3) is 0 Å². The summed E-state index contributed by atoms with van der Waals surface area (Å²) in [6.45, 7) is 1.60. The zero-order valence-electron chi connectivity index (χ0n) is 11.6. The number of carbonyl (C=O) groups excluding carboxylic acids is 1. The standard InChI is InChI=1S/C13H23N3O4/c14-11(15-19)13(4-1-5-13)12(18)16-6-2-10(3-7-16)20-9-8-17/h10,17,19H,1-9H2,(H2,14,15). The number of aliphatic hydroxyl groups excluding tert-OH is 1. The lowest BCUT2D eigenvalue weighted by atomic mass is 9.66. The Kier molecular flexibility index (Phi) is 4.82. The minimum absolute atomic E-state index is 0.0196. The molecule has 0 radical (unpaired) electrons. The second-order valence-electron chi connectivity index (χ2n) is 5.51. The van der Waals surface area contributed by atoms with Gasteiger partial charge in [-0.3, -0.25) is 4.79 Å². The van der Waals surface area contributed by atoms with E-state index in [4.69, 9.17) is 20.8 Å². The fraction of sp³-hybridized carbons (Fsp3) is 0.846. The third-order valence-corrected chi connectivity index (χ3v) is 4.39. The second kappa shape index (κ2) is 6.41. The lowest BCUT2D eigenvalue weighted by molar-refractivity contribution is -0.145. The summed E-state index contributed by atoms with van der Waals surface area (Å²) >= 11 is 0. The first kappa shape index (κ1) is 15.1. The van der Waals surface area contributed by atoms with Gasteiger partial charge in [-0.25, -0.2) is 0 Å². The lowest BCUT2D eigenvalue weighted by Gasteiger charge is -2.44. The fourth-order valence-electron chi connectivity index (χ4n) is 2.95. The molecule has 1 saturated heterocycles. The Balaban J connectivity index is 1.91. The number of nitrogens with zero attached hydrogens (tertiary/aromatic N) is 2. The zero-order chi connectivity index (χ0) is 14.6. The molecule has 20 heavy (non-hydrogen) atoms. The first-order valence-electron chi connectivity index (χ1n) is 7.14. The van der Waals surface area contributed by atoms with E-state index >= 15 is 0 Å². The first-order valence-corrected chi connectivity index (χ1v) is 7.14. The van der Waals surface area contributed by atoms with Crippen molar-refractivity contribution in [3.8, 4) is 0 Å². The van der Waals surface area contributed by atoms with Crippen LogP contribution < -0.4 is 5.73 Å². The molecule has 1 saturated carbocycles. The van der Waals surface area contributed by atoms with E-state index in [-0.39, 0.29) is 24.5 Å². The summed E-state index contributed by atoms with van der Waals surface area (Å²) in [7, 11) is 0. The summed E-state index contributed by atoms with van der Waals surface area (Å²) < 4.78 is 5.48. The Labute approximate surface area is 118 Å². The van der Waals surface area contributed by atoms with Crippen LogP contribution in [-0.2, 0) is 9.53 Å². The van der Waals surface area contributed by atoms with Crippen LogP contribution in [0.4, 0.5) is 0 Å². The maximum Gasteiger partial charge on any atom is 0.236 e. The van der Waals surface area contributed by atoms with E-state index in [9.17, 15) is 4.79 Å². The Morgan fingerprint density at radius 1 is 1.40 bits per heavy atom. The summed E-state index contributed by atoms with van der Waals surface area (Å²) in [5, 5.41) is 20.7. The molecule has 1 amide bonds. The van der Waals surface area contributed by atoms with E-state index in [1.165, 1.54) is 0 Å². The number of ether oxygens (including phenoxy) is 1. The van der Waals surface area contributed by atoms with Crippen molar-refractivity contribution in [3.63, 3.8) is 0 Å². The van der Waals surface area contributed by atoms with Crippen LogP contribution in [0.1, 0.15) is 32.1 Å². The highest BCUT2D eigenvalue weighted by Crippen LogP contribution is 2.43. The number of oxime groups is 1. The van der Waals surface area contributed by atoms with Crippen molar-refractivity contribution < 1.29 is 19.8 Å². The van der Waals surface area contributed by atoms with Gasteiger partial charge in [-0.2, -0.15) is 0 Å². The number of nitrogens with two attached hydrogens (primary N) is 1. The van der Waals surface area contributed by atoms with Crippen molar-refractivity contribution in [3.05, 3.63) is 0 Å². The van der Waals surface area contributed by atoms with Crippen molar-refractivity contribution in [2.75, 3.05) is 26.3 Å². The number of amidine groups is 1. The number of hydrogen-bond acceptors (Lipinski definition) is 5. The molecule has 2 aliphatic rings. The van der Waals surface area contributed by atoms with Crippen LogP contribution >= 0.6 is 0 Å². The molecule has 114 valence electrons. The molecule has 2 rings (SSSR count). The largest absolute Gasteiger partial charge is 0.409 e. The number of piperidine rings is 1. The summed E-state index contributed by atoms with van der Waals surface area (Å²) in [5.74, 6) is 0.00654. The van der Waals surface area contributed by atoms with Crippen LogP contribution in [0.5, 0.6) is 0 Å². The normalized spacial score (nSPS) is 23.4. The number of amides is 1. The van der Waals surface area contributed by atoms with Gasteiger partial charge >= 0.3 is 0 Å². The van der Waals surface area contributed by atoms with E-state index in [1.54, 1.807) is 4.90 Å². The van der Waals surface area contributed by atoms with Crippen molar-refractivity contribution in [1.29, 1.82) is 0 Å². The highest BCUT2D eigenvalue weighted by atomic mass is 16.5. The molecule has 0 spiro atoms. The highest BCUT2D eigenvalue weighted by molar-refractivity contribution is 6.07. The molecule has 1 aliphatic carbocycles. The maximum absolute atomic E-state index is 12.6. The minimum atomic E-state index is -0.784. The molecular formula is C13H23N3O4. The molecule has 0 atom stereocenters. The van der Waals surface area contributed by atoms with Gasteiger partial charge in [0.25, 0.3) is 0 Å². The van der Waals surface area contributed by atoms with Gasteiger partial charge in [0.05, 0.1) is 19.3 Å². The van der Waals surface area contributed by atoms with Crippen LogP contribution in [0.2, 0.25) is 0 Å². The average Bonchev–Trinajstić information content (AvgIpc) is 2.44. The predicted molar refractivity (Wildman–Crippen MR) is 72.3 cm³/mol. The molecule has 0 aromatic carbocycles. The lowest BCUT2D eigenvalue weighted by Crippen LogP contribution is -2.56. The van der Waals surface area contributed by atoms with Gasteiger partial charge < -0.3 is 25.7 Å². The maximum atomic E-state index is 12.6. The van der Waals surface area contributed by atoms with Crippen LogP contribution in [-0.4, -0.2) is 59.4 Å². The number of rotatable bonds is 5. The highest BCUT2D eigenvalue weighted by Gasteiger charge is 2.50. The summed E-state index contributed by atoms with van der Waals surface area (Å²) in [6.07, 6.45) is 3.87. The summed E-state index contributed by atoms with van der Waals surface area (Å²) in [5.41, 5.74) is 4.93. The minimum Gasteiger partial charge on any atom is -0.409 e. The van der Waals surface area contributed by atoms with Crippen molar-refractivity contribution in [1.82, 2.24) is 4.90 Å². The van der Waals surface area contributed by atoms with Gasteiger partial charge in [-0.05, 0) is 25.7 Å². The van der Waals surface area contributed by atoms with E-state index in [2.05, 4.69) is 5.16 Å². The van der Waals surface area contributed by atoms with Gasteiger partial charge in [0, 0.05) is 13.1 Å². The summed E-state index contributed by atoms with van der Waals surface area (Å²) in [6, 6.07) is 0. The van der Waals surface area contributed by atoms with Gasteiger partial charge in [-0.1, -0.05) is 11.6 Å². The molecule has 2 fully saturated rings. The number of carbonyl (C=O) groups is 1. The number of hydrogen-bond donors (Lipinski definition) is 3. The van der Waals surface area contributed by atoms with Crippen molar-refractivity contribution >= 4 is 11.7 Å². The molecule has 7 heteroatoms. The molecular weight excluding hydrogens is 262 g/mol. The average molecular weight is 285 g/mol. The predicted octanol–water partition coefficient (Wildman–Crippen LogP) is -0.0970. The van der Waals surface area contributed by atoms with E-state index in [0.717, 1.165) is 19.3 Å². The molecule has 0 aromatic rings. The van der Waals surface area contributed by atoms with Crippen molar-refractivity contribution in [2.45, 2.75) is 38.2 Å². The molecule has 0 unspecified atom stereocenters. The van der Waals surface area contributed by atoms with Gasteiger partial charge in [0.2, 0.25) is 5.91 Å². The Hall–Kier alpha value is -1.34. The smallest absolute Gasteiger partial charge is 0.236 e. The van der Waals surface area contributed by atoms with E-state index in [1.807, 2.05) is 0 Å². The van der Waals surface area contributed by atoms with Gasteiger partial charge in [-0.15, -0.1) is 0 Å². The Bertz CT molecular complexity index is 374. The molecule has 4 N–H and O–H groups in total. The zero-order valence-corrected chi connectivity index (χ0v) is 11.6.